The van der Waals surface area contributed by atoms with E-state index in [1.807, 2.05) is 0 Å². The largest absolute Gasteiger partial charge is 0.453 e. The fourth-order valence-electron chi connectivity index (χ4n) is 1.50. The van der Waals surface area contributed by atoms with Gasteiger partial charge in [-0.25, -0.2) is 14.4 Å². The second-order valence-electron chi connectivity index (χ2n) is 4.37. The fraction of sp³-hybridized carbons (Fsp3) is 0.0625. The number of nitrogens with two attached hydrogens (primary N) is 1. The Morgan fingerprint density at radius 3 is 1.76 bits per heavy atom. The summed E-state index contributed by atoms with van der Waals surface area (Å²) in [6, 6.07) is 12.9. The van der Waals surface area contributed by atoms with Crippen LogP contribution in [-0.4, -0.2) is 30.1 Å². The highest BCUT2D eigenvalue weighted by molar-refractivity contribution is 6.02. The number of benzene rings is 2. The highest BCUT2D eigenvalue weighted by Crippen LogP contribution is 2.13. The van der Waals surface area contributed by atoms with Crippen LogP contribution in [0, 0.1) is 10.1 Å². The first kappa shape index (κ1) is 19.3. The normalized spacial score (nSPS) is 9.16. The van der Waals surface area contributed by atoms with Crippen molar-refractivity contribution in [3.8, 4) is 0 Å². The Labute approximate surface area is 142 Å². The first-order valence-electron chi connectivity index (χ1n) is 6.74. The van der Waals surface area contributed by atoms with Crippen LogP contribution in [0.4, 0.5) is 10.5 Å². The molecule has 0 spiro atoms. The monoisotopic (exact) mass is 346 g/mol. The van der Waals surface area contributed by atoms with Crippen LogP contribution >= 0.6 is 0 Å². The first-order valence-corrected chi connectivity index (χ1v) is 6.74. The van der Waals surface area contributed by atoms with Crippen LogP contribution in [0.25, 0.3) is 0 Å². The average Bonchev–Trinajstić information content (AvgIpc) is 2.62. The Kier molecular flexibility index (Phi) is 7.26. The predicted molar refractivity (Wildman–Crippen MR) is 85.9 cm³/mol. The smallest absolute Gasteiger partial charge is 0.404 e. The van der Waals surface area contributed by atoms with Crippen LogP contribution in [0.1, 0.15) is 20.7 Å². The Bertz CT molecular complexity index is 758. The molecule has 9 heteroatoms. The number of ether oxygens (including phenoxy) is 2. The van der Waals surface area contributed by atoms with Gasteiger partial charge >= 0.3 is 18.0 Å². The minimum atomic E-state index is -0.853. The van der Waals surface area contributed by atoms with Gasteiger partial charge in [0.1, 0.15) is 0 Å². The number of amides is 1. The van der Waals surface area contributed by atoms with Crippen molar-refractivity contribution in [2.45, 2.75) is 0 Å². The molecule has 2 aromatic rings. The molecule has 2 rings (SSSR count). The number of primary amides is 1. The number of nitrogens with zero attached hydrogens (tertiary/aromatic N) is 1. The molecule has 25 heavy (non-hydrogen) atoms. The lowest BCUT2D eigenvalue weighted by atomic mass is 10.2. The van der Waals surface area contributed by atoms with Crippen molar-refractivity contribution in [2.24, 2.45) is 5.73 Å². The van der Waals surface area contributed by atoms with E-state index in [4.69, 9.17) is 0 Å². The van der Waals surface area contributed by atoms with Crippen LogP contribution < -0.4 is 5.73 Å². The van der Waals surface area contributed by atoms with Crippen LogP contribution in [0.3, 0.4) is 0 Å². The number of hydrogen-bond acceptors (Lipinski definition) is 7. The Balaban J connectivity index is 0.000000550. The van der Waals surface area contributed by atoms with Gasteiger partial charge in [-0.1, -0.05) is 18.2 Å². The lowest BCUT2D eigenvalue weighted by molar-refractivity contribution is -0.384. The molecular formula is C16H14N2O7. The summed E-state index contributed by atoms with van der Waals surface area (Å²) in [5, 5.41) is 10.5. The molecule has 0 fully saturated rings. The van der Waals surface area contributed by atoms with Crippen molar-refractivity contribution in [3.05, 3.63) is 75.8 Å². The van der Waals surface area contributed by atoms with E-state index >= 15 is 0 Å². The molecule has 0 aliphatic rings. The quantitative estimate of drug-likeness (QED) is 0.389. The molecule has 9 nitrogen and oxygen atoms in total. The third-order valence-electron chi connectivity index (χ3n) is 2.71. The third kappa shape index (κ3) is 6.48. The molecule has 0 aliphatic carbocycles. The summed E-state index contributed by atoms with van der Waals surface area (Å²) in [5.74, 6) is -1.62. The van der Waals surface area contributed by atoms with Gasteiger partial charge in [0, 0.05) is 12.1 Å². The molecule has 0 heterocycles. The van der Waals surface area contributed by atoms with Crippen LogP contribution in [-0.2, 0) is 9.47 Å². The number of nitro groups is 1. The molecule has 0 saturated heterocycles. The highest BCUT2D eigenvalue weighted by atomic mass is 16.6. The Morgan fingerprint density at radius 1 is 0.920 bits per heavy atom. The molecule has 2 N–H and O–H groups in total. The van der Waals surface area contributed by atoms with Gasteiger partial charge in [-0.2, -0.15) is 0 Å². The second-order valence-corrected chi connectivity index (χ2v) is 4.37. The molecule has 0 bridgehead atoms. The average molecular weight is 346 g/mol. The SMILES string of the molecule is COC(N)=O.O=C(OC(=O)c1ccc([N+](=O)[O-])cc1)c1ccccc1. The van der Waals surface area contributed by atoms with Gasteiger partial charge in [-0.3, -0.25) is 10.1 Å². The standard InChI is InChI=1S/C14H9NO5.C2H5NO2/c16-13(10-4-2-1-3-5-10)20-14(17)11-6-8-12(9-7-11)15(18)19;1-5-2(3)4/h1-9H;1H3,(H2,3,4). The maximum absolute atomic E-state index is 11.7. The van der Waals surface area contributed by atoms with E-state index in [0.29, 0.717) is 0 Å². The summed E-state index contributed by atoms with van der Waals surface area (Å²) >= 11 is 0. The summed E-state index contributed by atoms with van der Waals surface area (Å²) < 4.78 is 8.56. The number of nitro benzene ring substituents is 1. The van der Waals surface area contributed by atoms with Gasteiger partial charge in [0.2, 0.25) is 0 Å². The van der Waals surface area contributed by atoms with E-state index < -0.39 is 23.0 Å². The zero-order chi connectivity index (χ0) is 18.8. The van der Waals surface area contributed by atoms with Crippen molar-refractivity contribution in [1.82, 2.24) is 0 Å². The van der Waals surface area contributed by atoms with Crippen LogP contribution in [0.2, 0.25) is 0 Å². The summed E-state index contributed by atoms with van der Waals surface area (Å²) in [6.07, 6.45) is -0.745. The minimum absolute atomic E-state index is 0.0693. The van der Waals surface area contributed by atoms with Crippen LogP contribution in [0.15, 0.2) is 54.6 Å². The zero-order valence-electron chi connectivity index (χ0n) is 13.1. The van der Waals surface area contributed by atoms with Gasteiger partial charge in [0.25, 0.3) is 5.69 Å². The maximum Gasteiger partial charge on any atom is 0.404 e. The molecule has 0 atom stereocenters. The molecule has 130 valence electrons. The predicted octanol–water partition coefficient (Wildman–Crippen LogP) is 2.30. The second kappa shape index (κ2) is 9.40. The lowest BCUT2D eigenvalue weighted by Crippen LogP contribution is -2.12. The van der Waals surface area contributed by atoms with Crippen molar-refractivity contribution < 1.29 is 28.8 Å². The summed E-state index contributed by atoms with van der Waals surface area (Å²) in [7, 11) is 1.22. The molecule has 0 aromatic heterocycles. The number of esters is 2. The molecule has 0 aliphatic heterocycles. The van der Waals surface area contributed by atoms with E-state index in [1.165, 1.54) is 43.5 Å². The summed E-state index contributed by atoms with van der Waals surface area (Å²) in [6.45, 7) is 0. The van der Waals surface area contributed by atoms with Gasteiger partial charge in [-0.05, 0) is 24.3 Å². The number of carbonyl (C=O) groups excluding carboxylic acids is 3. The topological polar surface area (TPSA) is 139 Å². The van der Waals surface area contributed by atoms with Crippen molar-refractivity contribution in [1.29, 1.82) is 0 Å². The number of hydrogen-bond donors (Lipinski definition) is 1. The van der Waals surface area contributed by atoms with Gasteiger partial charge in [-0.15, -0.1) is 0 Å². The van der Waals surface area contributed by atoms with E-state index in [0.717, 1.165) is 0 Å². The van der Waals surface area contributed by atoms with Gasteiger partial charge in [0.05, 0.1) is 23.2 Å². The lowest BCUT2D eigenvalue weighted by Gasteiger charge is -2.02. The Morgan fingerprint density at radius 2 is 1.36 bits per heavy atom. The van der Waals surface area contributed by atoms with Crippen LogP contribution in [0.5, 0.6) is 0 Å². The van der Waals surface area contributed by atoms with E-state index in [-0.39, 0.29) is 16.8 Å². The maximum atomic E-state index is 11.7. The fourth-order valence-corrected chi connectivity index (χ4v) is 1.50. The first-order chi connectivity index (χ1) is 11.8. The van der Waals surface area contributed by atoms with E-state index in [1.54, 1.807) is 18.2 Å². The van der Waals surface area contributed by atoms with E-state index in [2.05, 4.69) is 15.2 Å². The highest BCUT2D eigenvalue weighted by Gasteiger charge is 2.15. The van der Waals surface area contributed by atoms with E-state index in [9.17, 15) is 24.5 Å². The molecular weight excluding hydrogens is 332 g/mol. The van der Waals surface area contributed by atoms with Gasteiger partial charge in [0.15, 0.2) is 0 Å². The molecule has 0 unspecified atom stereocenters. The van der Waals surface area contributed by atoms with Crippen molar-refractivity contribution in [3.63, 3.8) is 0 Å². The summed E-state index contributed by atoms with van der Waals surface area (Å²) in [4.78, 5) is 42.6. The molecule has 0 radical (unpaired) electrons. The number of non-ortho nitro benzene ring substituents is 1. The number of carbonyl (C=O) groups is 3. The molecule has 2 aromatic carbocycles. The summed E-state index contributed by atoms with van der Waals surface area (Å²) in [5.41, 5.74) is 4.61. The van der Waals surface area contributed by atoms with Crippen molar-refractivity contribution >= 4 is 23.7 Å². The number of rotatable bonds is 3. The van der Waals surface area contributed by atoms with Crippen molar-refractivity contribution in [2.75, 3.05) is 7.11 Å². The molecule has 1 amide bonds. The third-order valence-corrected chi connectivity index (χ3v) is 2.71. The van der Waals surface area contributed by atoms with Gasteiger partial charge < -0.3 is 15.2 Å². The number of methoxy groups -OCH3 is 1. The Hall–Kier alpha value is -3.75. The zero-order valence-corrected chi connectivity index (χ0v) is 13.1. The minimum Gasteiger partial charge on any atom is -0.453 e. The molecule has 0 saturated carbocycles.